The molecule has 0 spiro atoms. The minimum absolute atomic E-state index is 0.0354. The van der Waals surface area contributed by atoms with E-state index in [1.54, 1.807) is 0 Å². The van der Waals surface area contributed by atoms with Crippen LogP contribution in [0.4, 0.5) is 35.0 Å². The van der Waals surface area contributed by atoms with Gasteiger partial charge < -0.3 is 15.7 Å². The molecule has 10 heteroatoms. The first-order chi connectivity index (χ1) is 10.8. The fourth-order valence-electron chi connectivity index (χ4n) is 1.63. The van der Waals surface area contributed by atoms with E-state index in [0.717, 1.165) is 6.07 Å². The van der Waals surface area contributed by atoms with Crippen molar-refractivity contribution in [3.05, 3.63) is 40.8 Å². The maximum atomic E-state index is 13.7. The maximum Gasteiger partial charge on any atom is 0.433 e. The van der Waals surface area contributed by atoms with Crippen LogP contribution in [-0.4, -0.2) is 28.2 Å². The molecule has 5 nitrogen and oxygen atoms in total. The van der Waals surface area contributed by atoms with Gasteiger partial charge in [0.1, 0.15) is 11.6 Å². The van der Waals surface area contributed by atoms with Gasteiger partial charge in [-0.1, -0.05) is 11.6 Å². The number of nitrogens with one attached hydrogen (secondary N) is 2. The smallest absolute Gasteiger partial charge is 0.395 e. The average Bonchev–Trinajstić information content (AvgIpc) is 2.48. The van der Waals surface area contributed by atoms with E-state index in [2.05, 4.69) is 20.6 Å². The highest BCUT2D eigenvalue weighted by atomic mass is 35.5. The Hall–Kier alpha value is -2.13. The molecular weight excluding hydrogens is 340 g/mol. The molecule has 0 aliphatic carbocycles. The van der Waals surface area contributed by atoms with E-state index in [-0.39, 0.29) is 35.6 Å². The molecule has 0 fully saturated rings. The number of benzene rings is 1. The lowest BCUT2D eigenvalue weighted by Gasteiger charge is -2.13. The Labute approximate surface area is 133 Å². The summed E-state index contributed by atoms with van der Waals surface area (Å²) in [7, 11) is 0. The summed E-state index contributed by atoms with van der Waals surface area (Å²) in [6.07, 6.45) is -4.71. The number of hydrogen-bond acceptors (Lipinski definition) is 5. The van der Waals surface area contributed by atoms with Crippen LogP contribution in [0.15, 0.2) is 24.3 Å². The van der Waals surface area contributed by atoms with Crippen molar-refractivity contribution < 1.29 is 22.7 Å². The zero-order valence-corrected chi connectivity index (χ0v) is 12.2. The Morgan fingerprint density at radius 2 is 1.91 bits per heavy atom. The van der Waals surface area contributed by atoms with E-state index in [1.807, 2.05) is 0 Å². The summed E-state index contributed by atoms with van der Waals surface area (Å²) >= 11 is 5.73. The van der Waals surface area contributed by atoms with E-state index in [4.69, 9.17) is 16.7 Å². The summed E-state index contributed by atoms with van der Waals surface area (Å²) in [5.74, 6) is -1.32. The lowest BCUT2D eigenvalue weighted by atomic mass is 10.3. The number of hydrogen-bond donors (Lipinski definition) is 3. The van der Waals surface area contributed by atoms with Crippen LogP contribution < -0.4 is 10.6 Å². The standard InChI is InChI=1S/C13H11ClF4N4O/c14-7-1-2-8(15)9(5-7)20-11-6-10(13(16,17)18)21-12(22-11)19-3-4-23/h1-2,5-6,23H,3-4H2,(H2,19,20,21,22). The van der Waals surface area contributed by atoms with Crippen molar-refractivity contribution in [1.82, 2.24) is 9.97 Å². The quantitative estimate of drug-likeness (QED) is 0.721. The lowest BCUT2D eigenvalue weighted by molar-refractivity contribution is -0.141. The number of rotatable bonds is 5. The molecule has 2 aromatic rings. The molecular formula is C13H11ClF4N4O. The summed E-state index contributed by atoms with van der Waals surface area (Å²) in [5, 5.41) is 13.8. The predicted octanol–water partition coefficient (Wildman–Crippen LogP) is 3.44. The summed E-state index contributed by atoms with van der Waals surface area (Å²) in [6, 6.07) is 4.23. The molecule has 124 valence electrons. The van der Waals surface area contributed by atoms with Crippen LogP contribution in [0.5, 0.6) is 0 Å². The van der Waals surface area contributed by atoms with Crippen molar-refractivity contribution in [3.8, 4) is 0 Å². The van der Waals surface area contributed by atoms with Crippen molar-refractivity contribution in [2.24, 2.45) is 0 Å². The third-order valence-corrected chi connectivity index (χ3v) is 2.84. The Morgan fingerprint density at radius 3 is 2.57 bits per heavy atom. The Morgan fingerprint density at radius 1 is 1.17 bits per heavy atom. The zero-order chi connectivity index (χ0) is 17.0. The van der Waals surface area contributed by atoms with Gasteiger partial charge in [0.15, 0.2) is 5.69 Å². The van der Waals surface area contributed by atoms with Gasteiger partial charge in [0.2, 0.25) is 5.95 Å². The number of aromatic nitrogens is 2. The Balaban J connectivity index is 2.38. The molecule has 1 aromatic heterocycles. The third kappa shape index (κ3) is 4.67. The van der Waals surface area contributed by atoms with Gasteiger partial charge in [0.25, 0.3) is 0 Å². The predicted molar refractivity (Wildman–Crippen MR) is 77.3 cm³/mol. The first kappa shape index (κ1) is 17.2. The highest BCUT2D eigenvalue weighted by Gasteiger charge is 2.33. The Bertz CT molecular complexity index is 696. The average molecular weight is 351 g/mol. The van der Waals surface area contributed by atoms with Crippen LogP contribution >= 0.6 is 11.6 Å². The van der Waals surface area contributed by atoms with Crippen molar-refractivity contribution in [3.63, 3.8) is 0 Å². The number of aliphatic hydroxyl groups excluding tert-OH is 1. The van der Waals surface area contributed by atoms with E-state index in [0.29, 0.717) is 6.07 Å². The number of aliphatic hydroxyl groups is 1. The van der Waals surface area contributed by atoms with Gasteiger partial charge in [-0.25, -0.2) is 9.37 Å². The lowest BCUT2D eigenvalue weighted by Crippen LogP contribution is -2.15. The van der Waals surface area contributed by atoms with E-state index >= 15 is 0 Å². The molecule has 0 amide bonds. The van der Waals surface area contributed by atoms with Crippen molar-refractivity contribution in [2.45, 2.75) is 6.18 Å². The minimum Gasteiger partial charge on any atom is -0.395 e. The number of halogens is 5. The minimum atomic E-state index is -4.71. The van der Waals surface area contributed by atoms with Crippen LogP contribution in [0.3, 0.4) is 0 Å². The van der Waals surface area contributed by atoms with Crippen LogP contribution in [0.2, 0.25) is 5.02 Å². The molecule has 3 N–H and O–H groups in total. The van der Waals surface area contributed by atoms with Crippen LogP contribution in [0.1, 0.15) is 5.69 Å². The van der Waals surface area contributed by atoms with Crippen LogP contribution in [-0.2, 0) is 6.18 Å². The molecule has 2 rings (SSSR count). The van der Waals surface area contributed by atoms with Gasteiger partial charge in [-0.05, 0) is 18.2 Å². The molecule has 0 atom stereocenters. The summed E-state index contributed by atoms with van der Waals surface area (Å²) in [4.78, 5) is 7.10. The second-order valence-corrected chi connectivity index (χ2v) is 4.80. The van der Waals surface area contributed by atoms with Gasteiger partial charge in [-0.2, -0.15) is 18.2 Å². The van der Waals surface area contributed by atoms with E-state index in [1.165, 1.54) is 12.1 Å². The number of alkyl halides is 3. The second kappa shape index (κ2) is 6.97. The third-order valence-electron chi connectivity index (χ3n) is 2.60. The van der Waals surface area contributed by atoms with Gasteiger partial charge in [0, 0.05) is 17.6 Å². The largest absolute Gasteiger partial charge is 0.433 e. The van der Waals surface area contributed by atoms with Crippen molar-refractivity contribution in [1.29, 1.82) is 0 Å². The van der Waals surface area contributed by atoms with Gasteiger partial charge >= 0.3 is 6.18 Å². The van der Waals surface area contributed by atoms with Gasteiger partial charge in [-0.3, -0.25) is 0 Å². The van der Waals surface area contributed by atoms with E-state index in [9.17, 15) is 17.6 Å². The summed E-state index contributed by atoms with van der Waals surface area (Å²) in [6.45, 7) is -0.350. The topological polar surface area (TPSA) is 70.1 Å². The molecule has 23 heavy (non-hydrogen) atoms. The first-order valence-electron chi connectivity index (χ1n) is 6.32. The fourth-order valence-corrected chi connectivity index (χ4v) is 1.81. The molecule has 0 bridgehead atoms. The number of anilines is 3. The van der Waals surface area contributed by atoms with Crippen molar-refractivity contribution in [2.75, 3.05) is 23.8 Å². The second-order valence-electron chi connectivity index (χ2n) is 4.36. The molecule has 0 radical (unpaired) electrons. The molecule has 1 aromatic carbocycles. The molecule has 0 aliphatic rings. The highest BCUT2D eigenvalue weighted by Crippen LogP contribution is 2.31. The van der Waals surface area contributed by atoms with Crippen LogP contribution in [0, 0.1) is 5.82 Å². The van der Waals surface area contributed by atoms with E-state index < -0.39 is 17.7 Å². The number of nitrogens with zero attached hydrogens (tertiary/aromatic N) is 2. The fraction of sp³-hybridized carbons (Fsp3) is 0.231. The molecule has 0 saturated carbocycles. The SMILES string of the molecule is OCCNc1nc(Nc2cc(Cl)ccc2F)cc(C(F)(F)F)n1. The van der Waals surface area contributed by atoms with Gasteiger partial charge in [0.05, 0.1) is 12.3 Å². The van der Waals surface area contributed by atoms with Crippen molar-refractivity contribution >= 4 is 29.1 Å². The molecule has 0 saturated heterocycles. The summed E-state index contributed by atoms with van der Waals surface area (Å²) < 4.78 is 52.2. The maximum absolute atomic E-state index is 13.7. The van der Waals surface area contributed by atoms with Crippen LogP contribution in [0.25, 0.3) is 0 Å². The monoisotopic (exact) mass is 350 g/mol. The highest BCUT2D eigenvalue weighted by molar-refractivity contribution is 6.30. The molecule has 0 unspecified atom stereocenters. The summed E-state index contributed by atoms with van der Waals surface area (Å²) in [5.41, 5.74) is -1.34. The van der Waals surface area contributed by atoms with Gasteiger partial charge in [-0.15, -0.1) is 0 Å². The Kier molecular flexibility index (Phi) is 5.22. The molecule has 0 aliphatic heterocycles. The zero-order valence-electron chi connectivity index (χ0n) is 11.5. The molecule has 1 heterocycles. The first-order valence-corrected chi connectivity index (χ1v) is 6.70. The normalized spacial score (nSPS) is 11.4.